The van der Waals surface area contributed by atoms with Crippen molar-refractivity contribution in [2.45, 2.75) is 30.3 Å². The summed E-state index contributed by atoms with van der Waals surface area (Å²) < 4.78 is 10.7. The molecule has 2 saturated heterocycles. The number of likely N-dealkylation sites (tertiary alicyclic amines) is 1. The predicted molar refractivity (Wildman–Crippen MR) is 123 cm³/mol. The number of amides is 2. The average Bonchev–Trinajstić information content (AvgIpc) is 3.44. The van der Waals surface area contributed by atoms with Crippen molar-refractivity contribution in [3.63, 3.8) is 0 Å². The number of nitrogens with zero attached hydrogens (tertiary/aromatic N) is 1. The van der Waals surface area contributed by atoms with E-state index in [0.29, 0.717) is 36.0 Å². The van der Waals surface area contributed by atoms with Crippen molar-refractivity contribution in [3.8, 4) is 11.5 Å². The van der Waals surface area contributed by atoms with Crippen LogP contribution in [-0.2, 0) is 11.3 Å². The van der Waals surface area contributed by atoms with Crippen molar-refractivity contribution >= 4 is 35.2 Å². The van der Waals surface area contributed by atoms with Crippen LogP contribution in [-0.4, -0.2) is 53.3 Å². The maximum Gasteiger partial charge on any atom is 0.253 e. The zero-order valence-electron chi connectivity index (χ0n) is 17.4. The molecule has 2 aromatic rings. The van der Waals surface area contributed by atoms with E-state index < -0.39 is 0 Å². The summed E-state index contributed by atoms with van der Waals surface area (Å²) in [7, 11) is 0. The third kappa shape index (κ3) is 4.40. The third-order valence-corrected chi connectivity index (χ3v) is 7.93. The highest BCUT2D eigenvalue weighted by atomic mass is 35.5. The fourth-order valence-electron chi connectivity index (χ4n) is 4.31. The van der Waals surface area contributed by atoms with E-state index in [4.69, 9.17) is 21.1 Å². The van der Waals surface area contributed by atoms with E-state index in [-0.39, 0.29) is 29.5 Å². The maximum atomic E-state index is 12.8. The monoisotopic (exact) mass is 473 g/mol. The van der Waals surface area contributed by atoms with Crippen LogP contribution in [0.15, 0.2) is 42.5 Å². The molecule has 2 aromatic carbocycles. The van der Waals surface area contributed by atoms with E-state index in [1.54, 1.807) is 36.0 Å². The van der Waals surface area contributed by atoms with Gasteiger partial charge < -0.3 is 19.7 Å². The van der Waals surface area contributed by atoms with Crippen molar-refractivity contribution < 1.29 is 19.1 Å². The van der Waals surface area contributed by atoms with E-state index in [1.807, 2.05) is 23.1 Å². The van der Waals surface area contributed by atoms with Crippen LogP contribution in [0.4, 0.5) is 0 Å². The van der Waals surface area contributed by atoms with Gasteiger partial charge in [-0.05, 0) is 48.7 Å². The number of nitrogens with one attached hydrogen (secondary N) is 2. The van der Waals surface area contributed by atoms with E-state index in [1.165, 1.54) is 0 Å². The molecular formula is C23H24ClN3O4S. The number of halogens is 1. The summed E-state index contributed by atoms with van der Waals surface area (Å²) in [6.45, 7) is 1.97. The number of piperidine rings is 1. The Morgan fingerprint density at radius 1 is 1.16 bits per heavy atom. The summed E-state index contributed by atoms with van der Waals surface area (Å²) in [6, 6.07) is 12.5. The van der Waals surface area contributed by atoms with Crippen molar-refractivity contribution in [3.05, 3.63) is 58.6 Å². The lowest BCUT2D eigenvalue weighted by Gasteiger charge is -2.39. The minimum Gasteiger partial charge on any atom is -0.454 e. The lowest BCUT2D eigenvalue weighted by atomic mass is 10.0. The molecule has 0 aliphatic carbocycles. The first-order chi connectivity index (χ1) is 15.5. The zero-order chi connectivity index (χ0) is 22.1. The Bertz CT molecular complexity index is 1040. The molecule has 1 spiro atoms. The molecule has 3 aliphatic heterocycles. The molecule has 5 rings (SSSR count). The highest BCUT2D eigenvalue weighted by Gasteiger charge is 2.44. The second kappa shape index (κ2) is 8.84. The second-order valence-corrected chi connectivity index (χ2v) is 10.1. The number of carbonyl (C=O) groups is 2. The highest BCUT2D eigenvalue weighted by Crippen LogP contribution is 2.39. The fourth-order valence-corrected chi connectivity index (χ4v) is 5.92. The number of carbonyl (C=O) groups excluding carboxylic acids is 2. The SMILES string of the molecule is O=C(NCc1ccc2c(c1)OCO2)C1CSC2(CCN(C(=O)c3cccc(Cl)c3)CC2)N1. The molecule has 2 N–H and O–H groups in total. The minimum absolute atomic E-state index is 0.00312. The largest absolute Gasteiger partial charge is 0.454 e. The lowest BCUT2D eigenvalue weighted by Crippen LogP contribution is -2.54. The van der Waals surface area contributed by atoms with Crippen LogP contribution in [0.2, 0.25) is 5.02 Å². The van der Waals surface area contributed by atoms with Gasteiger partial charge in [-0.3, -0.25) is 14.9 Å². The maximum absolute atomic E-state index is 12.8. The van der Waals surface area contributed by atoms with Crippen LogP contribution in [0.3, 0.4) is 0 Å². The van der Waals surface area contributed by atoms with Crippen molar-refractivity contribution in [2.24, 2.45) is 0 Å². The summed E-state index contributed by atoms with van der Waals surface area (Å²) in [5, 5.41) is 7.12. The number of thioether (sulfide) groups is 1. The van der Waals surface area contributed by atoms with Crippen LogP contribution in [0, 0.1) is 0 Å². The average molecular weight is 474 g/mol. The molecule has 1 atom stereocenters. The van der Waals surface area contributed by atoms with Crippen LogP contribution in [0.1, 0.15) is 28.8 Å². The number of rotatable bonds is 4. The van der Waals surface area contributed by atoms with Gasteiger partial charge in [0.15, 0.2) is 11.5 Å². The van der Waals surface area contributed by atoms with Gasteiger partial charge in [-0.1, -0.05) is 23.7 Å². The van der Waals surface area contributed by atoms with Crippen LogP contribution in [0.25, 0.3) is 0 Å². The van der Waals surface area contributed by atoms with Gasteiger partial charge >= 0.3 is 0 Å². The summed E-state index contributed by atoms with van der Waals surface area (Å²) in [6.07, 6.45) is 1.60. The number of hydrogen-bond acceptors (Lipinski definition) is 6. The standard InChI is InChI=1S/C23H24ClN3O4S/c24-17-3-1-2-16(11-17)22(29)27-8-6-23(7-9-27)26-18(13-32-23)21(28)25-12-15-4-5-19-20(10-15)31-14-30-19/h1-5,10-11,18,26H,6-9,12-14H2,(H,25,28). The van der Waals surface area contributed by atoms with Crippen molar-refractivity contribution in [1.82, 2.24) is 15.5 Å². The first kappa shape index (κ1) is 21.4. The number of benzene rings is 2. The Balaban J connectivity index is 1.13. The number of fused-ring (bicyclic) bond motifs is 1. The van der Waals surface area contributed by atoms with Gasteiger partial charge in [-0.15, -0.1) is 11.8 Å². The molecule has 9 heteroatoms. The smallest absolute Gasteiger partial charge is 0.253 e. The molecular weight excluding hydrogens is 450 g/mol. The van der Waals surface area contributed by atoms with E-state index >= 15 is 0 Å². The second-order valence-electron chi connectivity index (χ2n) is 8.21. The summed E-state index contributed by atoms with van der Waals surface area (Å²) in [5.41, 5.74) is 1.58. The van der Waals surface area contributed by atoms with Crippen molar-refractivity contribution in [2.75, 3.05) is 25.6 Å². The topological polar surface area (TPSA) is 79.9 Å². The Labute approximate surface area is 195 Å². The molecule has 2 amide bonds. The van der Waals surface area contributed by atoms with Gasteiger partial charge in [0.05, 0.1) is 10.9 Å². The van der Waals surface area contributed by atoms with E-state index in [2.05, 4.69) is 10.6 Å². The molecule has 3 aliphatic rings. The summed E-state index contributed by atoms with van der Waals surface area (Å²) in [4.78, 5) is 27.2. The molecule has 0 bridgehead atoms. The van der Waals surface area contributed by atoms with E-state index in [9.17, 15) is 9.59 Å². The predicted octanol–water partition coefficient (Wildman–Crippen LogP) is 3.02. The zero-order valence-corrected chi connectivity index (χ0v) is 19.0. The van der Waals surface area contributed by atoms with Gasteiger partial charge in [0.25, 0.3) is 5.91 Å². The van der Waals surface area contributed by atoms with E-state index in [0.717, 1.165) is 29.9 Å². The fraction of sp³-hybridized carbons (Fsp3) is 0.391. The van der Waals surface area contributed by atoms with Gasteiger partial charge in [0.2, 0.25) is 12.7 Å². The van der Waals surface area contributed by atoms with Crippen LogP contribution >= 0.6 is 23.4 Å². The molecule has 168 valence electrons. The van der Waals surface area contributed by atoms with Crippen molar-refractivity contribution in [1.29, 1.82) is 0 Å². The molecule has 0 aromatic heterocycles. The molecule has 1 unspecified atom stereocenters. The molecule has 3 heterocycles. The van der Waals surface area contributed by atoms with Gasteiger partial charge in [-0.25, -0.2) is 0 Å². The Morgan fingerprint density at radius 3 is 2.78 bits per heavy atom. The van der Waals surface area contributed by atoms with Crippen LogP contribution < -0.4 is 20.1 Å². The van der Waals surface area contributed by atoms with Gasteiger partial charge in [-0.2, -0.15) is 0 Å². The summed E-state index contributed by atoms with van der Waals surface area (Å²) >= 11 is 7.81. The molecule has 2 fully saturated rings. The first-order valence-electron chi connectivity index (χ1n) is 10.6. The van der Waals surface area contributed by atoms with Gasteiger partial charge in [0.1, 0.15) is 0 Å². The quantitative estimate of drug-likeness (QED) is 0.710. The Morgan fingerprint density at radius 2 is 1.97 bits per heavy atom. The lowest BCUT2D eigenvalue weighted by molar-refractivity contribution is -0.122. The molecule has 0 saturated carbocycles. The molecule has 7 nitrogen and oxygen atoms in total. The third-order valence-electron chi connectivity index (χ3n) is 6.11. The molecule has 0 radical (unpaired) electrons. The minimum atomic E-state index is -0.246. The Hall–Kier alpha value is -2.42. The highest BCUT2D eigenvalue weighted by molar-refractivity contribution is 8.01. The molecule has 32 heavy (non-hydrogen) atoms. The van der Waals surface area contributed by atoms with Crippen LogP contribution in [0.5, 0.6) is 11.5 Å². The van der Waals surface area contributed by atoms with Gasteiger partial charge in [0, 0.05) is 36.0 Å². The first-order valence-corrected chi connectivity index (χ1v) is 12.0. The normalized spacial score (nSPS) is 21.0. The number of hydrogen-bond donors (Lipinski definition) is 2. The number of ether oxygens (including phenoxy) is 2. The summed E-state index contributed by atoms with van der Waals surface area (Å²) in [5.74, 6) is 2.16. The Kier molecular flexibility index (Phi) is 5.92.